The summed E-state index contributed by atoms with van der Waals surface area (Å²) < 4.78 is 11.0. The molecule has 0 aliphatic carbocycles. The van der Waals surface area contributed by atoms with Crippen LogP contribution in [0.3, 0.4) is 0 Å². The lowest BCUT2D eigenvalue weighted by molar-refractivity contribution is 0.0441. The normalized spacial score (nSPS) is 10.5. The minimum absolute atomic E-state index is 0.0677. The van der Waals surface area contributed by atoms with Gasteiger partial charge in [0.15, 0.2) is 12.2 Å². The van der Waals surface area contributed by atoms with E-state index in [1.165, 1.54) is 0 Å². The molecule has 0 amide bonds. The largest absolute Gasteiger partial charge is 0.452 e. The van der Waals surface area contributed by atoms with Crippen molar-refractivity contribution in [3.63, 3.8) is 0 Å². The number of oxazole rings is 1. The molecule has 0 radical (unpaired) electrons. The van der Waals surface area contributed by atoms with E-state index < -0.39 is 5.97 Å². The summed E-state index contributed by atoms with van der Waals surface area (Å²) in [6.07, 6.45) is 0. The first-order chi connectivity index (χ1) is 13.3. The van der Waals surface area contributed by atoms with Gasteiger partial charge in [0.2, 0.25) is 5.89 Å². The number of ether oxygens (including phenoxy) is 1. The number of esters is 1. The molecule has 0 N–H and O–H groups in total. The van der Waals surface area contributed by atoms with Gasteiger partial charge in [0.25, 0.3) is 0 Å². The topological polar surface area (TPSA) is 76.1 Å². The maximum absolute atomic E-state index is 12.7. The Labute approximate surface area is 155 Å². The van der Waals surface area contributed by atoms with E-state index in [-0.39, 0.29) is 6.61 Å². The van der Waals surface area contributed by atoms with Crippen LogP contribution in [0.5, 0.6) is 0 Å². The van der Waals surface area contributed by atoms with E-state index in [9.17, 15) is 10.1 Å². The van der Waals surface area contributed by atoms with Crippen molar-refractivity contribution in [2.45, 2.75) is 6.61 Å². The molecule has 0 aliphatic rings. The summed E-state index contributed by atoms with van der Waals surface area (Å²) in [6.45, 7) is -0.0677. The molecule has 0 unspecified atom stereocenters. The van der Waals surface area contributed by atoms with Gasteiger partial charge in [-0.15, -0.1) is 0 Å². The molecule has 0 fully saturated rings. The number of carbonyl (C=O) groups is 1. The quantitative estimate of drug-likeness (QED) is 0.496. The Kier molecular flexibility index (Phi) is 4.38. The van der Waals surface area contributed by atoms with Crippen LogP contribution in [0, 0.1) is 11.3 Å². The highest BCUT2D eigenvalue weighted by Crippen LogP contribution is 2.27. The van der Waals surface area contributed by atoms with Crippen LogP contribution in [0.25, 0.3) is 22.2 Å². The minimum atomic E-state index is -0.499. The molecule has 3 aromatic carbocycles. The third kappa shape index (κ3) is 3.29. The molecule has 1 aromatic heterocycles. The standard InChI is InChI=1S/C22H14N2O3/c23-13-15-7-1-2-8-16(15)17-9-3-4-10-18(17)22(25)26-14-21-24-19-11-5-6-12-20(19)27-21/h1-12H,14H2. The van der Waals surface area contributed by atoms with E-state index in [4.69, 9.17) is 9.15 Å². The molecular formula is C22H14N2O3. The Morgan fingerprint density at radius 2 is 1.67 bits per heavy atom. The van der Waals surface area contributed by atoms with E-state index in [1.807, 2.05) is 42.5 Å². The molecule has 0 aliphatic heterocycles. The number of benzene rings is 3. The molecule has 4 rings (SSSR count). The SMILES string of the molecule is N#Cc1ccccc1-c1ccccc1C(=O)OCc1nc2ccccc2o1. The van der Waals surface area contributed by atoms with Gasteiger partial charge in [0.05, 0.1) is 17.2 Å². The second-order valence-corrected chi connectivity index (χ2v) is 5.85. The van der Waals surface area contributed by atoms with Crippen LogP contribution < -0.4 is 0 Å². The van der Waals surface area contributed by atoms with Crippen LogP contribution in [0.4, 0.5) is 0 Å². The fraction of sp³-hybridized carbons (Fsp3) is 0.0455. The number of rotatable bonds is 4. The average molecular weight is 354 g/mol. The zero-order valence-electron chi connectivity index (χ0n) is 14.3. The Balaban J connectivity index is 1.60. The van der Waals surface area contributed by atoms with Crippen molar-refractivity contribution >= 4 is 17.1 Å². The van der Waals surface area contributed by atoms with Gasteiger partial charge in [-0.05, 0) is 29.8 Å². The first-order valence-electron chi connectivity index (χ1n) is 8.36. The Morgan fingerprint density at radius 1 is 0.963 bits per heavy atom. The molecule has 27 heavy (non-hydrogen) atoms. The highest BCUT2D eigenvalue weighted by atomic mass is 16.5. The van der Waals surface area contributed by atoms with Gasteiger partial charge in [-0.25, -0.2) is 9.78 Å². The Bertz CT molecular complexity index is 1140. The van der Waals surface area contributed by atoms with Crippen molar-refractivity contribution in [2.24, 2.45) is 0 Å². The summed E-state index contributed by atoms with van der Waals surface area (Å²) in [4.78, 5) is 17.0. The molecule has 4 aromatic rings. The third-order valence-corrected chi connectivity index (χ3v) is 4.15. The Morgan fingerprint density at radius 3 is 2.48 bits per heavy atom. The smallest absolute Gasteiger partial charge is 0.339 e. The highest BCUT2D eigenvalue weighted by Gasteiger charge is 2.17. The van der Waals surface area contributed by atoms with Crippen LogP contribution in [0.2, 0.25) is 0 Å². The fourth-order valence-electron chi connectivity index (χ4n) is 2.90. The molecule has 130 valence electrons. The van der Waals surface area contributed by atoms with Gasteiger partial charge in [-0.2, -0.15) is 5.26 Å². The van der Waals surface area contributed by atoms with Crippen molar-refractivity contribution in [3.05, 3.63) is 89.8 Å². The lowest BCUT2D eigenvalue weighted by Crippen LogP contribution is -2.07. The van der Waals surface area contributed by atoms with Crippen molar-refractivity contribution in [1.82, 2.24) is 4.98 Å². The predicted octanol–water partition coefficient (Wildman–Crippen LogP) is 4.72. The number of aromatic nitrogens is 1. The predicted molar refractivity (Wildman–Crippen MR) is 99.7 cm³/mol. The number of nitriles is 1. The molecular weight excluding hydrogens is 340 g/mol. The molecule has 5 nitrogen and oxygen atoms in total. The van der Waals surface area contributed by atoms with Crippen LogP contribution in [-0.2, 0) is 11.3 Å². The van der Waals surface area contributed by atoms with Crippen molar-refractivity contribution in [2.75, 3.05) is 0 Å². The zero-order valence-corrected chi connectivity index (χ0v) is 14.3. The number of hydrogen-bond acceptors (Lipinski definition) is 5. The summed E-state index contributed by atoms with van der Waals surface area (Å²) in [5.74, 6) is -0.167. The monoisotopic (exact) mass is 354 g/mol. The van der Waals surface area contributed by atoms with Gasteiger partial charge >= 0.3 is 5.97 Å². The molecule has 0 spiro atoms. The van der Waals surface area contributed by atoms with Crippen molar-refractivity contribution < 1.29 is 13.9 Å². The lowest BCUT2D eigenvalue weighted by Gasteiger charge is -2.10. The van der Waals surface area contributed by atoms with Gasteiger partial charge in [-0.1, -0.05) is 48.5 Å². The molecule has 0 bridgehead atoms. The minimum Gasteiger partial charge on any atom is -0.452 e. The summed E-state index contributed by atoms with van der Waals surface area (Å²) in [6, 6.07) is 23.7. The number of fused-ring (bicyclic) bond motifs is 1. The van der Waals surface area contributed by atoms with Gasteiger partial charge < -0.3 is 9.15 Å². The third-order valence-electron chi connectivity index (χ3n) is 4.15. The summed E-state index contributed by atoms with van der Waals surface area (Å²) in [5.41, 5.74) is 3.58. The number of hydrogen-bond donors (Lipinski definition) is 0. The number of nitrogens with zero attached hydrogens (tertiary/aromatic N) is 2. The first-order valence-corrected chi connectivity index (χ1v) is 8.36. The second kappa shape index (κ2) is 7.14. The molecule has 0 atom stereocenters. The number of para-hydroxylation sites is 2. The van der Waals surface area contributed by atoms with Crippen LogP contribution in [-0.4, -0.2) is 11.0 Å². The second-order valence-electron chi connectivity index (χ2n) is 5.85. The highest BCUT2D eigenvalue weighted by molar-refractivity contribution is 5.98. The summed E-state index contributed by atoms with van der Waals surface area (Å²) >= 11 is 0. The van der Waals surface area contributed by atoms with Gasteiger partial charge in [0.1, 0.15) is 5.52 Å². The lowest BCUT2D eigenvalue weighted by atomic mass is 9.96. The van der Waals surface area contributed by atoms with E-state index in [0.717, 1.165) is 0 Å². The van der Waals surface area contributed by atoms with Crippen LogP contribution in [0.1, 0.15) is 21.8 Å². The molecule has 0 saturated heterocycles. The first kappa shape index (κ1) is 16.6. The molecule has 0 saturated carbocycles. The molecule has 1 heterocycles. The van der Waals surface area contributed by atoms with E-state index in [1.54, 1.807) is 30.3 Å². The fourth-order valence-corrected chi connectivity index (χ4v) is 2.90. The van der Waals surface area contributed by atoms with Crippen LogP contribution >= 0.6 is 0 Å². The summed E-state index contributed by atoms with van der Waals surface area (Å²) in [5, 5.41) is 9.34. The van der Waals surface area contributed by atoms with Crippen molar-refractivity contribution in [3.8, 4) is 17.2 Å². The maximum Gasteiger partial charge on any atom is 0.339 e. The van der Waals surface area contributed by atoms with Gasteiger partial charge in [0, 0.05) is 5.56 Å². The van der Waals surface area contributed by atoms with E-state index >= 15 is 0 Å². The Hall–Kier alpha value is -3.91. The summed E-state index contributed by atoms with van der Waals surface area (Å²) in [7, 11) is 0. The number of carbonyl (C=O) groups excluding carboxylic acids is 1. The zero-order chi connectivity index (χ0) is 18.6. The van der Waals surface area contributed by atoms with Crippen LogP contribution in [0.15, 0.2) is 77.2 Å². The van der Waals surface area contributed by atoms with E-state index in [0.29, 0.717) is 39.2 Å². The van der Waals surface area contributed by atoms with Gasteiger partial charge in [-0.3, -0.25) is 0 Å². The molecule has 5 heteroatoms. The van der Waals surface area contributed by atoms with Crippen molar-refractivity contribution in [1.29, 1.82) is 5.26 Å². The average Bonchev–Trinajstić information content (AvgIpc) is 3.15. The van der Waals surface area contributed by atoms with E-state index in [2.05, 4.69) is 11.1 Å². The maximum atomic E-state index is 12.7.